The second-order valence-electron chi connectivity index (χ2n) is 9.48. The summed E-state index contributed by atoms with van der Waals surface area (Å²) < 4.78 is 46.5. The third kappa shape index (κ3) is 6.07. The van der Waals surface area contributed by atoms with Crippen molar-refractivity contribution in [3.05, 3.63) is 46.5 Å². The van der Waals surface area contributed by atoms with Crippen molar-refractivity contribution in [1.82, 2.24) is 14.9 Å². The van der Waals surface area contributed by atoms with Gasteiger partial charge in [0, 0.05) is 24.4 Å². The lowest BCUT2D eigenvalue weighted by Crippen LogP contribution is -2.50. The molecule has 12 heteroatoms. The molecule has 0 saturated carbocycles. The van der Waals surface area contributed by atoms with Crippen LogP contribution in [0.4, 0.5) is 25.1 Å². The van der Waals surface area contributed by atoms with Gasteiger partial charge in [0.1, 0.15) is 23.9 Å². The van der Waals surface area contributed by atoms with Gasteiger partial charge in [0.2, 0.25) is 0 Å². The van der Waals surface area contributed by atoms with Crippen LogP contribution < -0.4 is 14.8 Å². The molecule has 1 saturated heterocycles. The van der Waals surface area contributed by atoms with Crippen LogP contribution >= 0.6 is 23.2 Å². The summed E-state index contributed by atoms with van der Waals surface area (Å²) in [5, 5.41) is 3.24. The molecule has 198 valence electrons. The number of anilines is 2. The number of carbonyl (C=O) groups is 1. The number of hydrogen-bond acceptors (Lipinski definition) is 7. The van der Waals surface area contributed by atoms with E-state index in [4.69, 9.17) is 37.4 Å². The first-order valence-electron chi connectivity index (χ1n) is 11.5. The zero-order chi connectivity index (χ0) is 26.9. The fourth-order valence-electron chi connectivity index (χ4n) is 3.84. The zero-order valence-electron chi connectivity index (χ0n) is 20.6. The third-order valence-electron chi connectivity index (χ3n) is 5.62. The lowest BCUT2D eigenvalue weighted by molar-refractivity contribution is -0.0109. The Hall–Kier alpha value is -3.11. The Balaban J connectivity index is 1.58. The van der Waals surface area contributed by atoms with Crippen molar-refractivity contribution >= 4 is 51.7 Å². The molecule has 0 unspecified atom stereocenters. The molecule has 0 radical (unpaired) electrons. The van der Waals surface area contributed by atoms with E-state index in [0.717, 1.165) is 0 Å². The van der Waals surface area contributed by atoms with Crippen LogP contribution in [-0.2, 0) is 4.74 Å². The number of nitrogens with zero attached hydrogens (tertiary/aromatic N) is 3. The maximum absolute atomic E-state index is 15.1. The van der Waals surface area contributed by atoms with Gasteiger partial charge in [-0.1, -0.05) is 23.2 Å². The lowest BCUT2D eigenvalue weighted by atomic mass is 10.1. The standard InChI is InChI=1S/C25H26Cl2F2N4O4/c1-25(2,3)37-24(34)33-8-7-18(15(28)11-33)36-20-9-13-17(10-19(20)35-4)30-12-31-23(13)32-16-6-5-14(26)21(27)22(16)29/h5-6,9-10,12,15,18H,7-8,11H2,1-4H3,(H,30,31,32)/t15-,18+/m1/s1. The number of alkyl halides is 1. The van der Waals surface area contributed by atoms with Crippen LogP contribution in [0.15, 0.2) is 30.6 Å². The Kier molecular flexibility index (Phi) is 7.80. The number of rotatable bonds is 5. The minimum Gasteiger partial charge on any atom is -0.493 e. The Morgan fingerprint density at radius 3 is 2.62 bits per heavy atom. The SMILES string of the molecule is COc1cc2ncnc(Nc3ccc(Cl)c(Cl)c3F)c2cc1O[C@H]1CCN(C(=O)OC(C)(C)C)C[C@H]1F. The Bertz CT molecular complexity index is 1320. The fraction of sp³-hybridized carbons (Fsp3) is 0.400. The highest BCUT2D eigenvalue weighted by Gasteiger charge is 2.35. The van der Waals surface area contributed by atoms with Crippen molar-refractivity contribution in [1.29, 1.82) is 0 Å². The maximum atomic E-state index is 15.1. The second kappa shape index (κ2) is 10.7. The topological polar surface area (TPSA) is 85.8 Å². The molecule has 1 aromatic heterocycles. The van der Waals surface area contributed by atoms with E-state index in [1.165, 1.54) is 30.5 Å². The average molecular weight is 555 g/mol. The van der Waals surface area contributed by atoms with Gasteiger partial charge in [-0.15, -0.1) is 0 Å². The highest BCUT2D eigenvalue weighted by Crippen LogP contribution is 2.38. The Morgan fingerprint density at radius 1 is 1.19 bits per heavy atom. The van der Waals surface area contributed by atoms with E-state index in [0.29, 0.717) is 16.7 Å². The molecule has 1 aliphatic heterocycles. The molecule has 37 heavy (non-hydrogen) atoms. The van der Waals surface area contributed by atoms with Crippen LogP contribution in [0.3, 0.4) is 0 Å². The average Bonchev–Trinajstić information content (AvgIpc) is 2.84. The normalized spacial score (nSPS) is 18.0. The van der Waals surface area contributed by atoms with Gasteiger partial charge in [0.05, 0.1) is 34.9 Å². The van der Waals surface area contributed by atoms with Gasteiger partial charge in [-0.25, -0.2) is 23.5 Å². The molecule has 1 aliphatic rings. The summed E-state index contributed by atoms with van der Waals surface area (Å²) in [5.41, 5.74) is -0.132. The number of likely N-dealkylation sites (tertiary alicyclic amines) is 1. The molecular formula is C25H26Cl2F2N4O4. The summed E-state index contributed by atoms with van der Waals surface area (Å²) in [6.07, 6.45) is -1.31. The maximum Gasteiger partial charge on any atom is 0.410 e. The number of amides is 1. The summed E-state index contributed by atoms with van der Waals surface area (Å²) in [4.78, 5) is 22.1. The van der Waals surface area contributed by atoms with Crippen LogP contribution in [-0.4, -0.2) is 59.0 Å². The van der Waals surface area contributed by atoms with Crippen LogP contribution in [0.2, 0.25) is 10.0 Å². The number of piperidine rings is 1. The van der Waals surface area contributed by atoms with Crippen LogP contribution in [0, 0.1) is 5.82 Å². The van der Waals surface area contributed by atoms with Crippen molar-refractivity contribution in [2.45, 2.75) is 45.1 Å². The first kappa shape index (κ1) is 26.9. The molecule has 2 aromatic carbocycles. The predicted octanol–water partition coefficient (Wildman–Crippen LogP) is 6.55. The van der Waals surface area contributed by atoms with E-state index >= 15 is 4.39 Å². The van der Waals surface area contributed by atoms with E-state index in [1.54, 1.807) is 32.9 Å². The van der Waals surface area contributed by atoms with Crippen molar-refractivity contribution in [2.24, 2.45) is 0 Å². The number of hydrogen-bond donors (Lipinski definition) is 1. The number of fused-ring (bicyclic) bond motifs is 1. The third-order valence-corrected chi connectivity index (χ3v) is 6.40. The largest absolute Gasteiger partial charge is 0.493 e. The number of benzene rings is 2. The van der Waals surface area contributed by atoms with E-state index in [1.807, 2.05) is 0 Å². The first-order valence-corrected chi connectivity index (χ1v) is 12.2. The van der Waals surface area contributed by atoms with Gasteiger partial charge in [-0.2, -0.15) is 0 Å². The smallest absolute Gasteiger partial charge is 0.410 e. The first-order chi connectivity index (χ1) is 17.5. The van der Waals surface area contributed by atoms with Gasteiger partial charge < -0.3 is 24.4 Å². The van der Waals surface area contributed by atoms with Crippen molar-refractivity contribution in [3.8, 4) is 11.5 Å². The number of aromatic nitrogens is 2. The van der Waals surface area contributed by atoms with E-state index in [-0.39, 0.29) is 46.8 Å². The monoisotopic (exact) mass is 554 g/mol. The van der Waals surface area contributed by atoms with E-state index in [2.05, 4.69) is 15.3 Å². The van der Waals surface area contributed by atoms with Crippen LogP contribution in [0.1, 0.15) is 27.2 Å². The molecule has 1 N–H and O–H groups in total. The summed E-state index contributed by atoms with van der Waals surface area (Å²) in [7, 11) is 1.46. The molecule has 2 atom stereocenters. The predicted molar refractivity (Wildman–Crippen MR) is 138 cm³/mol. The van der Waals surface area contributed by atoms with Crippen molar-refractivity contribution in [2.75, 3.05) is 25.5 Å². The minimum absolute atomic E-state index is 0.0611. The molecule has 1 fully saturated rings. The molecule has 2 heterocycles. The number of carbonyl (C=O) groups excluding carboxylic acids is 1. The van der Waals surface area contributed by atoms with Gasteiger partial charge >= 0.3 is 6.09 Å². The van der Waals surface area contributed by atoms with Gasteiger partial charge in [-0.05, 0) is 39.0 Å². The molecule has 3 aromatic rings. The molecule has 0 spiro atoms. The quantitative estimate of drug-likeness (QED) is 0.357. The molecular weight excluding hydrogens is 529 g/mol. The summed E-state index contributed by atoms with van der Waals surface area (Å²) in [6.45, 7) is 5.36. The van der Waals surface area contributed by atoms with E-state index in [9.17, 15) is 9.18 Å². The summed E-state index contributed by atoms with van der Waals surface area (Å²) >= 11 is 11.8. The Labute approximate surface area is 222 Å². The zero-order valence-corrected chi connectivity index (χ0v) is 22.2. The minimum atomic E-state index is -1.46. The number of ether oxygens (including phenoxy) is 3. The number of methoxy groups -OCH3 is 1. The van der Waals surface area contributed by atoms with Crippen molar-refractivity contribution in [3.63, 3.8) is 0 Å². The highest BCUT2D eigenvalue weighted by molar-refractivity contribution is 6.42. The summed E-state index contributed by atoms with van der Waals surface area (Å²) in [6, 6.07) is 6.11. The molecule has 0 bridgehead atoms. The molecule has 1 amide bonds. The van der Waals surface area contributed by atoms with Crippen molar-refractivity contribution < 1.29 is 27.8 Å². The lowest BCUT2D eigenvalue weighted by Gasteiger charge is -2.35. The second-order valence-corrected chi connectivity index (χ2v) is 10.3. The van der Waals surface area contributed by atoms with Gasteiger partial charge in [0.15, 0.2) is 23.5 Å². The fourth-order valence-corrected chi connectivity index (χ4v) is 4.15. The van der Waals surface area contributed by atoms with Crippen LogP contribution in [0.25, 0.3) is 10.9 Å². The van der Waals surface area contributed by atoms with Gasteiger partial charge in [0.25, 0.3) is 0 Å². The molecule has 0 aliphatic carbocycles. The molecule has 8 nitrogen and oxygen atoms in total. The van der Waals surface area contributed by atoms with Crippen LogP contribution in [0.5, 0.6) is 11.5 Å². The summed E-state index contributed by atoms with van der Waals surface area (Å²) in [5.74, 6) is 0.120. The van der Waals surface area contributed by atoms with E-state index < -0.39 is 29.8 Å². The van der Waals surface area contributed by atoms with Gasteiger partial charge in [-0.3, -0.25) is 0 Å². The number of nitrogens with one attached hydrogen (secondary N) is 1. The highest BCUT2D eigenvalue weighted by atomic mass is 35.5. The Morgan fingerprint density at radius 2 is 1.95 bits per heavy atom. The molecule has 4 rings (SSSR count). The number of halogens is 4.